The number of para-hydroxylation sites is 1. The van der Waals surface area contributed by atoms with Gasteiger partial charge in [0.25, 0.3) is 0 Å². The molecule has 0 fully saturated rings. The number of pyridine rings is 1. The molecule has 0 aliphatic carbocycles. The van der Waals surface area contributed by atoms with Gasteiger partial charge in [-0.25, -0.2) is 0 Å². The van der Waals surface area contributed by atoms with Crippen LogP contribution in [0.3, 0.4) is 0 Å². The van der Waals surface area contributed by atoms with Gasteiger partial charge in [-0.3, -0.25) is 9.78 Å². The summed E-state index contributed by atoms with van der Waals surface area (Å²) in [4.78, 5) is 16.5. The third kappa shape index (κ3) is 4.84. The predicted octanol–water partition coefficient (Wildman–Crippen LogP) is 2.16. The molecule has 0 saturated carbocycles. The van der Waals surface area contributed by atoms with Crippen LogP contribution in [0.1, 0.15) is 18.2 Å². The molecule has 3 aromatic rings. The Kier molecular flexibility index (Phi) is 6.56. The van der Waals surface area contributed by atoms with Crippen molar-refractivity contribution in [3.8, 4) is 5.75 Å². The normalized spacial score (nSPS) is 12.0. The smallest absolute Gasteiger partial charge is 0.475 e. The van der Waals surface area contributed by atoms with Crippen molar-refractivity contribution >= 4 is 35.6 Å². The van der Waals surface area contributed by atoms with Crippen LogP contribution in [0.4, 0.5) is 0 Å². The number of furan rings is 1. The van der Waals surface area contributed by atoms with E-state index in [4.69, 9.17) is 20.8 Å². The largest absolute Gasteiger partial charge is 0.492 e. The number of fused-ring (bicyclic) bond motifs is 1. The molecule has 3 N–H and O–H groups in total. The first-order valence-corrected chi connectivity index (χ1v) is 9.23. The number of nitrogens with one attached hydrogen (secondary N) is 1. The summed E-state index contributed by atoms with van der Waals surface area (Å²) in [5.74, 6) is -0.656. The van der Waals surface area contributed by atoms with Gasteiger partial charge in [-0.1, -0.05) is 23.7 Å². The van der Waals surface area contributed by atoms with Gasteiger partial charge >= 0.3 is 7.12 Å². The van der Waals surface area contributed by atoms with Crippen molar-refractivity contribution in [3.63, 3.8) is 0 Å². The molecule has 2 heterocycles. The zero-order valence-corrected chi connectivity index (χ0v) is 16.0. The molecule has 0 saturated heterocycles. The Labute approximate surface area is 167 Å². The van der Waals surface area contributed by atoms with Crippen molar-refractivity contribution in [2.24, 2.45) is 0 Å². The SMILES string of the molecule is CCOc1ccc(CC(=O)NC(Cc2coc3c(Cl)cccc23)B(O)O)nc1. The number of benzene rings is 1. The van der Waals surface area contributed by atoms with E-state index in [1.807, 2.05) is 13.0 Å². The van der Waals surface area contributed by atoms with Crippen molar-refractivity contribution in [3.05, 3.63) is 59.1 Å². The van der Waals surface area contributed by atoms with Crippen LogP contribution in [0.15, 0.2) is 47.2 Å². The van der Waals surface area contributed by atoms with Gasteiger partial charge in [0.1, 0.15) is 5.75 Å². The molecule has 7 nitrogen and oxygen atoms in total. The number of halogens is 1. The zero-order valence-electron chi connectivity index (χ0n) is 15.3. The summed E-state index contributed by atoms with van der Waals surface area (Å²) in [6, 6.07) is 8.75. The van der Waals surface area contributed by atoms with E-state index in [1.54, 1.807) is 30.5 Å². The second-order valence-electron chi connectivity index (χ2n) is 6.26. The second-order valence-corrected chi connectivity index (χ2v) is 6.67. The van der Waals surface area contributed by atoms with E-state index >= 15 is 0 Å². The molecule has 1 amide bonds. The van der Waals surface area contributed by atoms with Crippen molar-refractivity contribution in [2.45, 2.75) is 25.7 Å². The van der Waals surface area contributed by atoms with Crippen LogP contribution in [0.5, 0.6) is 5.75 Å². The Balaban J connectivity index is 1.66. The molecule has 0 radical (unpaired) electrons. The van der Waals surface area contributed by atoms with Crippen molar-refractivity contribution in [1.29, 1.82) is 0 Å². The number of carbonyl (C=O) groups is 1. The maximum absolute atomic E-state index is 12.3. The number of hydrogen-bond donors (Lipinski definition) is 3. The molecule has 0 aliphatic rings. The number of nitrogens with zero attached hydrogens (tertiary/aromatic N) is 1. The highest BCUT2D eigenvalue weighted by atomic mass is 35.5. The molecule has 1 unspecified atom stereocenters. The van der Waals surface area contributed by atoms with Crippen LogP contribution in [0.25, 0.3) is 11.0 Å². The lowest BCUT2D eigenvalue weighted by atomic mass is 9.76. The van der Waals surface area contributed by atoms with E-state index in [2.05, 4.69) is 10.3 Å². The number of aromatic nitrogens is 1. The maximum Gasteiger partial charge on any atom is 0.475 e. The van der Waals surface area contributed by atoms with Crippen LogP contribution < -0.4 is 10.1 Å². The lowest BCUT2D eigenvalue weighted by Gasteiger charge is -2.17. The Morgan fingerprint density at radius 1 is 1.36 bits per heavy atom. The minimum atomic E-state index is -1.73. The fourth-order valence-corrected chi connectivity index (χ4v) is 3.11. The average Bonchev–Trinajstić information content (AvgIpc) is 3.07. The van der Waals surface area contributed by atoms with Crippen molar-refractivity contribution < 1.29 is 24.0 Å². The van der Waals surface area contributed by atoms with Gasteiger partial charge in [0, 0.05) is 11.1 Å². The molecule has 0 aliphatic heterocycles. The van der Waals surface area contributed by atoms with E-state index < -0.39 is 13.1 Å². The molecule has 1 atom stereocenters. The summed E-state index contributed by atoms with van der Waals surface area (Å²) in [6.45, 7) is 2.41. The first-order valence-electron chi connectivity index (χ1n) is 8.85. The number of rotatable bonds is 8. The molecular formula is C19H20BClN2O5. The first-order chi connectivity index (χ1) is 13.5. The Morgan fingerprint density at radius 2 is 2.18 bits per heavy atom. The summed E-state index contributed by atoms with van der Waals surface area (Å²) in [5, 5.41) is 23.3. The van der Waals surface area contributed by atoms with E-state index in [-0.39, 0.29) is 18.7 Å². The molecule has 2 aromatic heterocycles. The quantitative estimate of drug-likeness (QED) is 0.499. The minimum absolute atomic E-state index is 0.00753. The lowest BCUT2D eigenvalue weighted by molar-refractivity contribution is -0.120. The molecular weight excluding hydrogens is 382 g/mol. The highest BCUT2D eigenvalue weighted by Crippen LogP contribution is 2.28. The van der Waals surface area contributed by atoms with E-state index in [1.165, 1.54) is 6.26 Å². The topological polar surface area (TPSA) is 105 Å². The van der Waals surface area contributed by atoms with E-state index in [9.17, 15) is 14.8 Å². The van der Waals surface area contributed by atoms with Gasteiger partial charge in [0.05, 0.1) is 36.5 Å². The number of amides is 1. The molecule has 0 bridgehead atoms. The van der Waals surface area contributed by atoms with Crippen LogP contribution in [-0.4, -0.2) is 40.6 Å². The second kappa shape index (κ2) is 9.10. The van der Waals surface area contributed by atoms with E-state index in [0.29, 0.717) is 28.7 Å². The Hall–Kier alpha value is -2.55. The monoisotopic (exact) mass is 402 g/mol. The van der Waals surface area contributed by atoms with Gasteiger partial charge in [0.2, 0.25) is 5.91 Å². The fourth-order valence-electron chi connectivity index (χ4n) is 2.89. The van der Waals surface area contributed by atoms with Crippen LogP contribution in [-0.2, 0) is 17.6 Å². The molecule has 0 spiro atoms. The van der Waals surface area contributed by atoms with Crippen molar-refractivity contribution in [1.82, 2.24) is 10.3 Å². The summed E-state index contributed by atoms with van der Waals surface area (Å²) in [6.07, 6.45) is 3.24. The standard InChI is InChI=1S/C19H20BClN2O5/c1-2-27-14-7-6-13(22-10-14)9-18(24)23-17(20(25)26)8-12-11-28-19-15(12)4-3-5-16(19)21/h3-7,10-11,17,25-26H,2,8-9H2,1H3,(H,23,24). The predicted molar refractivity (Wildman–Crippen MR) is 106 cm³/mol. The third-order valence-corrected chi connectivity index (χ3v) is 4.53. The highest BCUT2D eigenvalue weighted by molar-refractivity contribution is 6.43. The summed E-state index contributed by atoms with van der Waals surface area (Å²) >= 11 is 6.10. The number of ether oxygens (including phenoxy) is 1. The third-order valence-electron chi connectivity index (χ3n) is 4.23. The summed E-state index contributed by atoms with van der Waals surface area (Å²) in [5.41, 5.74) is 1.79. The maximum atomic E-state index is 12.3. The molecule has 28 heavy (non-hydrogen) atoms. The number of hydrogen-bond acceptors (Lipinski definition) is 6. The molecule has 146 valence electrons. The Morgan fingerprint density at radius 3 is 2.86 bits per heavy atom. The fraction of sp³-hybridized carbons (Fsp3) is 0.263. The van der Waals surface area contributed by atoms with Crippen LogP contribution in [0, 0.1) is 0 Å². The van der Waals surface area contributed by atoms with E-state index in [0.717, 1.165) is 10.9 Å². The molecule has 3 rings (SSSR count). The van der Waals surface area contributed by atoms with Gasteiger partial charge in [-0.05, 0) is 37.1 Å². The van der Waals surface area contributed by atoms with Gasteiger partial charge in [-0.15, -0.1) is 0 Å². The minimum Gasteiger partial charge on any atom is -0.492 e. The lowest BCUT2D eigenvalue weighted by Crippen LogP contribution is -2.48. The van der Waals surface area contributed by atoms with Gasteiger partial charge in [-0.2, -0.15) is 0 Å². The van der Waals surface area contributed by atoms with Gasteiger partial charge < -0.3 is 24.5 Å². The van der Waals surface area contributed by atoms with Gasteiger partial charge in [0.15, 0.2) is 5.58 Å². The highest BCUT2D eigenvalue weighted by Gasteiger charge is 2.27. The summed E-state index contributed by atoms with van der Waals surface area (Å²) < 4.78 is 10.8. The Bertz CT molecular complexity index is 945. The van der Waals surface area contributed by atoms with Crippen LogP contribution >= 0.6 is 11.6 Å². The average molecular weight is 403 g/mol. The van der Waals surface area contributed by atoms with Crippen LogP contribution in [0.2, 0.25) is 5.02 Å². The number of carbonyl (C=O) groups excluding carboxylic acids is 1. The molecule has 9 heteroatoms. The summed E-state index contributed by atoms with van der Waals surface area (Å²) in [7, 11) is -1.73. The molecule has 1 aromatic carbocycles. The zero-order chi connectivity index (χ0) is 20.1. The first kappa shape index (κ1) is 20.2. The van der Waals surface area contributed by atoms with Crippen molar-refractivity contribution in [2.75, 3.05) is 6.61 Å².